The van der Waals surface area contributed by atoms with Crippen molar-refractivity contribution in [2.75, 3.05) is 11.1 Å². The van der Waals surface area contributed by atoms with E-state index in [1.165, 1.54) is 11.8 Å². The fourth-order valence-electron chi connectivity index (χ4n) is 3.84. The number of benzene rings is 2. The first-order chi connectivity index (χ1) is 14.6. The highest BCUT2D eigenvalue weighted by Gasteiger charge is 2.20. The van der Waals surface area contributed by atoms with E-state index < -0.39 is 0 Å². The van der Waals surface area contributed by atoms with Crippen LogP contribution in [0.3, 0.4) is 0 Å². The van der Waals surface area contributed by atoms with Crippen molar-refractivity contribution in [3.05, 3.63) is 65.7 Å². The Balaban J connectivity index is 1.40. The molecular formula is C24H25N3O2S. The van der Waals surface area contributed by atoms with Gasteiger partial charge < -0.3 is 10.6 Å². The van der Waals surface area contributed by atoms with Crippen molar-refractivity contribution in [3.63, 3.8) is 0 Å². The van der Waals surface area contributed by atoms with Gasteiger partial charge in [-0.25, -0.2) is 4.98 Å². The molecule has 1 saturated carbocycles. The van der Waals surface area contributed by atoms with E-state index in [0.717, 1.165) is 47.2 Å². The van der Waals surface area contributed by atoms with E-state index >= 15 is 0 Å². The second kappa shape index (κ2) is 9.30. The molecule has 1 heterocycles. The zero-order valence-electron chi connectivity index (χ0n) is 17.0. The van der Waals surface area contributed by atoms with Crippen LogP contribution >= 0.6 is 11.8 Å². The number of amides is 2. The van der Waals surface area contributed by atoms with Crippen LogP contribution in [-0.2, 0) is 4.79 Å². The number of aryl methyl sites for hydroxylation is 1. The van der Waals surface area contributed by atoms with Crippen molar-refractivity contribution in [1.29, 1.82) is 0 Å². The van der Waals surface area contributed by atoms with Crippen molar-refractivity contribution in [1.82, 2.24) is 10.3 Å². The summed E-state index contributed by atoms with van der Waals surface area (Å²) in [7, 11) is 0. The molecule has 0 aliphatic heterocycles. The molecule has 0 atom stereocenters. The van der Waals surface area contributed by atoms with E-state index in [-0.39, 0.29) is 23.6 Å². The molecule has 0 spiro atoms. The van der Waals surface area contributed by atoms with E-state index in [4.69, 9.17) is 0 Å². The van der Waals surface area contributed by atoms with Crippen LogP contribution in [0, 0.1) is 6.92 Å². The van der Waals surface area contributed by atoms with Gasteiger partial charge in [0.15, 0.2) is 0 Å². The second-order valence-electron chi connectivity index (χ2n) is 7.63. The SMILES string of the molecule is Cc1cc(SCC(=O)Nc2ccccc2C(=O)NC2CCCC2)nc2ccccc12. The zero-order valence-corrected chi connectivity index (χ0v) is 17.8. The number of nitrogens with zero attached hydrogens (tertiary/aromatic N) is 1. The highest BCUT2D eigenvalue weighted by atomic mass is 32.2. The largest absolute Gasteiger partial charge is 0.349 e. The number of hydrogen-bond donors (Lipinski definition) is 2. The molecule has 6 heteroatoms. The topological polar surface area (TPSA) is 71.1 Å². The Labute approximate surface area is 180 Å². The molecule has 1 fully saturated rings. The lowest BCUT2D eigenvalue weighted by Crippen LogP contribution is -2.33. The maximum Gasteiger partial charge on any atom is 0.253 e. The molecule has 0 unspecified atom stereocenters. The molecule has 0 bridgehead atoms. The third kappa shape index (κ3) is 4.82. The van der Waals surface area contributed by atoms with Gasteiger partial charge in [0.25, 0.3) is 5.91 Å². The molecular weight excluding hydrogens is 394 g/mol. The number of pyridine rings is 1. The summed E-state index contributed by atoms with van der Waals surface area (Å²) < 4.78 is 0. The molecule has 1 aliphatic carbocycles. The second-order valence-corrected chi connectivity index (χ2v) is 8.63. The number of carbonyl (C=O) groups is 2. The summed E-state index contributed by atoms with van der Waals surface area (Å²) in [5.41, 5.74) is 3.11. The van der Waals surface area contributed by atoms with Gasteiger partial charge in [0.05, 0.1) is 27.5 Å². The fraction of sp³-hybridized carbons (Fsp3) is 0.292. The number of anilines is 1. The summed E-state index contributed by atoms with van der Waals surface area (Å²) in [6.45, 7) is 2.05. The molecule has 2 aromatic carbocycles. The van der Waals surface area contributed by atoms with Crippen LogP contribution in [0.2, 0.25) is 0 Å². The number of thioether (sulfide) groups is 1. The van der Waals surface area contributed by atoms with Gasteiger partial charge in [-0.3, -0.25) is 9.59 Å². The third-order valence-corrected chi connectivity index (χ3v) is 6.30. The van der Waals surface area contributed by atoms with E-state index in [9.17, 15) is 9.59 Å². The molecule has 5 nitrogen and oxygen atoms in total. The minimum Gasteiger partial charge on any atom is -0.349 e. The Morgan fingerprint density at radius 3 is 2.63 bits per heavy atom. The summed E-state index contributed by atoms with van der Waals surface area (Å²) in [5.74, 6) is -0.0606. The molecule has 154 valence electrons. The number of rotatable bonds is 6. The molecule has 3 aromatic rings. The van der Waals surface area contributed by atoms with Gasteiger partial charge in [0.2, 0.25) is 5.91 Å². The van der Waals surface area contributed by atoms with Gasteiger partial charge >= 0.3 is 0 Å². The summed E-state index contributed by atoms with van der Waals surface area (Å²) in [4.78, 5) is 29.9. The van der Waals surface area contributed by atoms with Gasteiger partial charge in [-0.2, -0.15) is 0 Å². The quantitative estimate of drug-likeness (QED) is 0.555. The van der Waals surface area contributed by atoms with Crippen molar-refractivity contribution in [2.45, 2.75) is 43.7 Å². The van der Waals surface area contributed by atoms with Gasteiger partial charge in [-0.1, -0.05) is 54.9 Å². The van der Waals surface area contributed by atoms with Crippen molar-refractivity contribution in [3.8, 4) is 0 Å². The molecule has 2 N–H and O–H groups in total. The van der Waals surface area contributed by atoms with Crippen molar-refractivity contribution < 1.29 is 9.59 Å². The third-order valence-electron chi connectivity index (χ3n) is 5.39. The van der Waals surface area contributed by atoms with Crippen LogP contribution in [0.25, 0.3) is 10.9 Å². The lowest BCUT2D eigenvalue weighted by molar-refractivity contribution is -0.113. The molecule has 30 heavy (non-hydrogen) atoms. The van der Waals surface area contributed by atoms with Crippen molar-refractivity contribution >= 4 is 40.2 Å². The first-order valence-corrected chi connectivity index (χ1v) is 11.3. The molecule has 0 radical (unpaired) electrons. The smallest absolute Gasteiger partial charge is 0.253 e. The first kappa shape index (κ1) is 20.4. The lowest BCUT2D eigenvalue weighted by Gasteiger charge is -2.15. The molecule has 2 amide bonds. The Morgan fingerprint density at radius 2 is 1.80 bits per heavy atom. The van der Waals surface area contributed by atoms with Gasteiger partial charge in [-0.05, 0) is 49.6 Å². The number of fused-ring (bicyclic) bond motifs is 1. The standard InChI is InChI=1S/C24H25N3O2S/c1-16-14-23(27-20-12-6-4-10-18(16)20)30-15-22(28)26-21-13-7-5-11-19(21)24(29)25-17-8-2-3-9-17/h4-7,10-14,17H,2-3,8-9,15H2,1H3,(H,25,29)(H,26,28). The number of para-hydroxylation sites is 2. The summed E-state index contributed by atoms with van der Waals surface area (Å²) in [6, 6.07) is 17.4. The predicted octanol–water partition coefficient (Wildman–Crippen LogP) is 4.95. The van der Waals surface area contributed by atoms with Crippen LogP contribution in [0.4, 0.5) is 5.69 Å². The van der Waals surface area contributed by atoms with Gasteiger partial charge in [0, 0.05) is 11.4 Å². The van der Waals surface area contributed by atoms with E-state index in [1.807, 2.05) is 49.4 Å². The normalized spacial score (nSPS) is 14.0. The lowest BCUT2D eigenvalue weighted by atomic mass is 10.1. The molecule has 4 rings (SSSR count). The number of aromatic nitrogens is 1. The average molecular weight is 420 g/mol. The number of carbonyl (C=O) groups excluding carboxylic acids is 2. The summed E-state index contributed by atoms with van der Waals surface area (Å²) >= 11 is 1.39. The Hall–Kier alpha value is -2.86. The maximum absolute atomic E-state index is 12.7. The maximum atomic E-state index is 12.7. The molecule has 1 aliphatic rings. The Morgan fingerprint density at radius 1 is 1.07 bits per heavy atom. The monoisotopic (exact) mass is 419 g/mol. The van der Waals surface area contributed by atoms with E-state index in [0.29, 0.717) is 11.3 Å². The average Bonchev–Trinajstić information content (AvgIpc) is 3.26. The van der Waals surface area contributed by atoms with Crippen LogP contribution < -0.4 is 10.6 Å². The van der Waals surface area contributed by atoms with Crippen molar-refractivity contribution in [2.24, 2.45) is 0 Å². The van der Waals surface area contributed by atoms with Gasteiger partial charge in [0.1, 0.15) is 0 Å². The minimum atomic E-state index is -0.159. The summed E-state index contributed by atoms with van der Waals surface area (Å²) in [6.07, 6.45) is 4.36. The predicted molar refractivity (Wildman–Crippen MR) is 122 cm³/mol. The van der Waals surface area contributed by atoms with Crippen LogP contribution in [0.15, 0.2) is 59.6 Å². The minimum absolute atomic E-state index is 0.128. The number of nitrogens with one attached hydrogen (secondary N) is 2. The fourth-order valence-corrected chi connectivity index (χ4v) is 4.62. The Bertz CT molecular complexity index is 1080. The van der Waals surface area contributed by atoms with Crippen LogP contribution in [0.1, 0.15) is 41.6 Å². The Kier molecular flexibility index (Phi) is 6.33. The van der Waals surface area contributed by atoms with Crippen LogP contribution in [0.5, 0.6) is 0 Å². The highest BCUT2D eigenvalue weighted by Crippen LogP contribution is 2.24. The van der Waals surface area contributed by atoms with E-state index in [2.05, 4.69) is 15.6 Å². The number of hydrogen-bond acceptors (Lipinski definition) is 4. The highest BCUT2D eigenvalue weighted by molar-refractivity contribution is 7.99. The first-order valence-electron chi connectivity index (χ1n) is 10.3. The summed E-state index contributed by atoms with van der Waals surface area (Å²) in [5, 5.41) is 7.91. The zero-order chi connectivity index (χ0) is 20.9. The van der Waals surface area contributed by atoms with E-state index in [1.54, 1.807) is 12.1 Å². The molecule has 0 saturated heterocycles. The van der Waals surface area contributed by atoms with Gasteiger partial charge in [-0.15, -0.1) is 0 Å². The molecule has 1 aromatic heterocycles. The van der Waals surface area contributed by atoms with Crippen LogP contribution in [-0.4, -0.2) is 28.6 Å².